The molecule has 0 fully saturated rings. The topological polar surface area (TPSA) is 136 Å². The van der Waals surface area contributed by atoms with Gasteiger partial charge in [0.1, 0.15) is 6.07 Å². The third-order valence-corrected chi connectivity index (χ3v) is 6.10. The first kappa shape index (κ1) is 23.7. The second-order valence-electron chi connectivity index (χ2n) is 8.41. The van der Waals surface area contributed by atoms with Crippen LogP contribution in [0.2, 0.25) is 0 Å². The third-order valence-electron chi connectivity index (χ3n) is 6.10. The molecule has 2 unspecified atom stereocenters. The highest BCUT2D eigenvalue weighted by atomic mass is 16.5. The Hall–Kier alpha value is -3.96. The lowest BCUT2D eigenvalue weighted by atomic mass is 9.58. The molecule has 1 aromatic carbocycles. The molecule has 1 aromatic rings. The molecule has 1 aliphatic heterocycles. The van der Waals surface area contributed by atoms with Crippen molar-refractivity contribution >= 4 is 5.91 Å². The van der Waals surface area contributed by atoms with Gasteiger partial charge in [0.25, 0.3) is 0 Å². The highest BCUT2D eigenvalue weighted by molar-refractivity contribution is 5.74. The molecule has 0 aromatic heterocycles. The lowest BCUT2D eigenvalue weighted by molar-refractivity contribution is -0.129. The zero-order valence-electron chi connectivity index (χ0n) is 19.3. The van der Waals surface area contributed by atoms with Crippen LogP contribution in [-0.2, 0) is 4.79 Å². The van der Waals surface area contributed by atoms with Crippen LogP contribution in [-0.4, -0.2) is 36.6 Å². The van der Waals surface area contributed by atoms with Gasteiger partial charge in [-0.15, -0.1) is 0 Å². The Morgan fingerprint density at radius 2 is 1.97 bits per heavy atom. The minimum atomic E-state index is -1.78. The minimum absolute atomic E-state index is 0.0563. The number of benzene rings is 1. The molecular formula is C25H27N5O3. The number of rotatable bonds is 5. The van der Waals surface area contributed by atoms with Gasteiger partial charge in [-0.25, -0.2) is 0 Å². The van der Waals surface area contributed by atoms with Crippen molar-refractivity contribution in [3.05, 3.63) is 46.7 Å². The Kier molecular flexibility index (Phi) is 6.65. The Labute approximate surface area is 194 Å². The van der Waals surface area contributed by atoms with E-state index in [1.165, 1.54) is 6.92 Å². The van der Waals surface area contributed by atoms with Gasteiger partial charge in [-0.3, -0.25) is 4.79 Å². The van der Waals surface area contributed by atoms with Crippen LogP contribution in [0.3, 0.4) is 0 Å². The Balaban J connectivity index is 2.27. The molecule has 8 heteroatoms. The summed E-state index contributed by atoms with van der Waals surface area (Å²) in [6.07, 6.45) is 1.72. The van der Waals surface area contributed by atoms with E-state index < -0.39 is 17.3 Å². The first-order chi connectivity index (χ1) is 15.7. The van der Waals surface area contributed by atoms with Crippen molar-refractivity contribution in [2.45, 2.75) is 39.7 Å². The number of ether oxygens (including phenoxy) is 2. The molecule has 2 aliphatic rings. The Morgan fingerprint density at radius 1 is 1.27 bits per heavy atom. The SMILES string of the molecule is CCOc1cc(C2C3CN(C(C)=O)CC=C3C(C#N)=C(N)C2(C#N)C#N)ccc1OC(C)C. The van der Waals surface area contributed by atoms with E-state index >= 15 is 0 Å². The Bertz CT molecular complexity index is 1130. The quantitative estimate of drug-likeness (QED) is 0.735. The summed E-state index contributed by atoms with van der Waals surface area (Å²) in [5, 5.41) is 30.3. The second kappa shape index (κ2) is 9.27. The van der Waals surface area contributed by atoms with Gasteiger partial charge in [-0.2, -0.15) is 15.8 Å². The number of hydrogen-bond donors (Lipinski definition) is 1. The zero-order chi connectivity index (χ0) is 24.3. The van der Waals surface area contributed by atoms with E-state index in [1.807, 2.05) is 20.8 Å². The summed E-state index contributed by atoms with van der Waals surface area (Å²) >= 11 is 0. The molecule has 2 atom stereocenters. The van der Waals surface area contributed by atoms with Gasteiger partial charge in [0.2, 0.25) is 5.91 Å². The first-order valence-electron chi connectivity index (χ1n) is 10.9. The fourth-order valence-corrected chi connectivity index (χ4v) is 4.65. The number of allylic oxidation sites excluding steroid dienone is 2. The molecule has 1 aliphatic carbocycles. The van der Waals surface area contributed by atoms with E-state index in [9.17, 15) is 20.6 Å². The van der Waals surface area contributed by atoms with E-state index in [1.54, 1.807) is 29.2 Å². The number of fused-ring (bicyclic) bond motifs is 1. The maximum absolute atomic E-state index is 12.1. The van der Waals surface area contributed by atoms with Crippen LogP contribution in [0.4, 0.5) is 0 Å². The number of nitrogens with zero attached hydrogens (tertiary/aromatic N) is 4. The lowest BCUT2D eigenvalue weighted by Gasteiger charge is -2.45. The van der Waals surface area contributed by atoms with Crippen LogP contribution in [0.5, 0.6) is 11.5 Å². The van der Waals surface area contributed by atoms with Gasteiger partial charge >= 0.3 is 0 Å². The predicted molar refractivity (Wildman–Crippen MR) is 120 cm³/mol. The average Bonchev–Trinajstić information content (AvgIpc) is 2.79. The van der Waals surface area contributed by atoms with Gasteiger partial charge in [-0.05, 0) is 44.0 Å². The zero-order valence-corrected chi connectivity index (χ0v) is 19.3. The predicted octanol–water partition coefficient (Wildman–Crippen LogP) is 3.14. The van der Waals surface area contributed by atoms with Gasteiger partial charge in [-0.1, -0.05) is 12.1 Å². The van der Waals surface area contributed by atoms with E-state index in [0.717, 1.165) is 0 Å². The summed E-state index contributed by atoms with van der Waals surface area (Å²) in [6, 6.07) is 11.6. The fourth-order valence-electron chi connectivity index (χ4n) is 4.65. The molecule has 0 saturated heterocycles. The van der Waals surface area contributed by atoms with Crippen molar-refractivity contribution in [2.75, 3.05) is 19.7 Å². The van der Waals surface area contributed by atoms with Crippen molar-refractivity contribution in [1.82, 2.24) is 4.90 Å². The summed E-state index contributed by atoms with van der Waals surface area (Å²) in [5.41, 5.74) is 5.97. The van der Waals surface area contributed by atoms with Gasteiger partial charge in [0, 0.05) is 31.8 Å². The summed E-state index contributed by atoms with van der Waals surface area (Å²) in [6.45, 7) is 8.15. The van der Waals surface area contributed by atoms with Crippen molar-refractivity contribution < 1.29 is 14.3 Å². The highest BCUT2D eigenvalue weighted by Crippen LogP contribution is 2.54. The van der Waals surface area contributed by atoms with E-state index in [2.05, 4.69) is 18.2 Å². The molecule has 1 amide bonds. The molecule has 0 spiro atoms. The molecule has 170 valence electrons. The monoisotopic (exact) mass is 445 g/mol. The molecule has 3 rings (SSSR count). The second-order valence-corrected chi connectivity index (χ2v) is 8.41. The third kappa shape index (κ3) is 3.99. The largest absolute Gasteiger partial charge is 0.490 e. The lowest BCUT2D eigenvalue weighted by Crippen LogP contribution is -2.48. The number of amides is 1. The molecule has 1 heterocycles. The van der Waals surface area contributed by atoms with Gasteiger partial charge < -0.3 is 20.1 Å². The van der Waals surface area contributed by atoms with Crippen LogP contribution in [0, 0.1) is 45.3 Å². The minimum Gasteiger partial charge on any atom is -0.490 e. The van der Waals surface area contributed by atoms with Crippen LogP contribution >= 0.6 is 0 Å². The fraction of sp³-hybridized carbons (Fsp3) is 0.440. The van der Waals surface area contributed by atoms with Crippen LogP contribution in [0.25, 0.3) is 0 Å². The van der Waals surface area contributed by atoms with Gasteiger partial charge in [0.15, 0.2) is 16.9 Å². The smallest absolute Gasteiger partial charge is 0.219 e. The summed E-state index contributed by atoms with van der Waals surface area (Å²) in [7, 11) is 0. The number of hydrogen-bond acceptors (Lipinski definition) is 7. The molecule has 33 heavy (non-hydrogen) atoms. The maximum Gasteiger partial charge on any atom is 0.219 e. The normalized spacial score (nSPS) is 21.3. The maximum atomic E-state index is 12.1. The summed E-state index contributed by atoms with van der Waals surface area (Å²) in [5.74, 6) is -0.260. The number of carbonyl (C=O) groups excluding carboxylic acids is 1. The van der Waals surface area contributed by atoms with Gasteiger partial charge in [0.05, 0.1) is 36.1 Å². The van der Waals surface area contributed by atoms with Crippen LogP contribution in [0.1, 0.15) is 39.2 Å². The number of carbonyl (C=O) groups is 1. The van der Waals surface area contributed by atoms with Crippen molar-refractivity contribution in [3.8, 4) is 29.7 Å². The summed E-state index contributed by atoms with van der Waals surface area (Å²) in [4.78, 5) is 13.8. The van der Waals surface area contributed by atoms with E-state index in [4.69, 9.17) is 15.2 Å². The molecule has 2 N–H and O–H groups in total. The molecule has 0 bridgehead atoms. The number of nitriles is 3. The molecule has 8 nitrogen and oxygen atoms in total. The standard InChI is InChI=1S/C25H27N5O3/c1-5-32-22-10-17(6-7-21(22)33-15(2)3)23-20-12-30(16(4)31)9-8-18(20)19(11-26)24(29)25(23,13-27)14-28/h6-8,10,15,20,23H,5,9,12,29H2,1-4H3. The number of nitrogens with two attached hydrogens (primary N) is 1. The van der Waals surface area contributed by atoms with E-state index in [-0.39, 0.29) is 29.8 Å². The Morgan fingerprint density at radius 3 is 2.52 bits per heavy atom. The van der Waals surface area contributed by atoms with Crippen molar-refractivity contribution in [1.29, 1.82) is 15.8 Å². The van der Waals surface area contributed by atoms with E-state index in [0.29, 0.717) is 35.8 Å². The van der Waals surface area contributed by atoms with Crippen molar-refractivity contribution in [3.63, 3.8) is 0 Å². The molecular weight excluding hydrogens is 418 g/mol. The molecule has 0 radical (unpaired) electrons. The summed E-state index contributed by atoms with van der Waals surface area (Å²) < 4.78 is 11.7. The molecule has 0 saturated carbocycles. The first-order valence-corrected chi connectivity index (χ1v) is 10.9. The van der Waals surface area contributed by atoms with Crippen molar-refractivity contribution in [2.24, 2.45) is 17.1 Å². The average molecular weight is 446 g/mol. The van der Waals surface area contributed by atoms with Crippen LogP contribution < -0.4 is 15.2 Å². The van der Waals surface area contributed by atoms with Crippen LogP contribution in [0.15, 0.2) is 41.1 Å². The highest BCUT2D eigenvalue weighted by Gasteiger charge is 2.54.